The van der Waals surface area contributed by atoms with Crippen molar-refractivity contribution in [3.05, 3.63) is 53.6 Å². The number of aromatic nitrogens is 2. The smallest absolute Gasteiger partial charge is 0.317 e. The van der Waals surface area contributed by atoms with Gasteiger partial charge in [-0.05, 0) is 44.7 Å². The van der Waals surface area contributed by atoms with Gasteiger partial charge in [-0.1, -0.05) is 29.4 Å². The molecule has 8 nitrogen and oxygen atoms in total. The van der Waals surface area contributed by atoms with Crippen molar-refractivity contribution in [3.63, 3.8) is 0 Å². The fourth-order valence-corrected chi connectivity index (χ4v) is 2.92. The number of rotatable bonds is 8. The second-order valence-corrected chi connectivity index (χ2v) is 7.18. The van der Waals surface area contributed by atoms with Crippen LogP contribution in [0.25, 0.3) is 22.8 Å². The average molecular weight is 406 g/mol. The molecule has 0 spiro atoms. The molecule has 0 unspecified atom stereocenters. The van der Waals surface area contributed by atoms with Gasteiger partial charge in [0.25, 0.3) is 5.89 Å². The molecule has 1 aromatic heterocycles. The van der Waals surface area contributed by atoms with Gasteiger partial charge in [-0.3, -0.25) is 9.69 Å². The highest BCUT2D eigenvalue weighted by Crippen LogP contribution is 2.28. The monoisotopic (exact) mass is 406 g/mol. The average Bonchev–Trinajstić information content (AvgIpc) is 3.18. The number of hydrogen-bond donors (Lipinski definition) is 1. The van der Waals surface area contributed by atoms with Crippen LogP contribution < -0.4 is 4.74 Å². The lowest BCUT2D eigenvalue weighted by atomic mass is 10.1. The summed E-state index contributed by atoms with van der Waals surface area (Å²) in [6, 6.07) is 14.8. The Labute approximate surface area is 174 Å². The molecule has 2 aromatic carbocycles. The summed E-state index contributed by atoms with van der Waals surface area (Å²) >= 11 is 0. The number of nitriles is 1. The molecule has 0 atom stereocenters. The molecule has 30 heavy (non-hydrogen) atoms. The Morgan fingerprint density at radius 2 is 1.93 bits per heavy atom. The van der Waals surface area contributed by atoms with Crippen LogP contribution >= 0.6 is 0 Å². The van der Waals surface area contributed by atoms with Crippen molar-refractivity contribution in [2.45, 2.75) is 26.5 Å². The highest BCUT2D eigenvalue weighted by molar-refractivity contribution is 5.69. The Hall–Kier alpha value is -3.70. The van der Waals surface area contributed by atoms with Gasteiger partial charge in [-0.15, -0.1) is 0 Å². The van der Waals surface area contributed by atoms with Crippen LogP contribution in [0.2, 0.25) is 0 Å². The maximum absolute atomic E-state index is 10.8. The second-order valence-electron chi connectivity index (χ2n) is 7.18. The minimum Gasteiger partial charge on any atom is -0.490 e. The third kappa shape index (κ3) is 5.21. The van der Waals surface area contributed by atoms with E-state index in [4.69, 9.17) is 14.4 Å². The highest BCUT2D eigenvalue weighted by atomic mass is 16.5. The molecule has 1 N–H and O–H groups in total. The first-order valence-corrected chi connectivity index (χ1v) is 9.40. The van der Waals surface area contributed by atoms with Crippen LogP contribution in [0.3, 0.4) is 0 Å². The highest BCUT2D eigenvalue weighted by Gasteiger charge is 2.14. The summed E-state index contributed by atoms with van der Waals surface area (Å²) in [6.07, 6.45) is -0.0372. The van der Waals surface area contributed by atoms with E-state index in [1.165, 1.54) is 0 Å². The Morgan fingerprint density at radius 3 is 2.57 bits per heavy atom. The first-order chi connectivity index (χ1) is 14.4. The third-order valence-corrected chi connectivity index (χ3v) is 4.21. The van der Waals surface area contributed by atoms with Crippen molar-refractivity contribution < 1.29 is 19.2 Å². The second kappa shape index (κ2) is 9.20. The molecule has 0 aliphatic heterocycles. The van der Waals surface area contributed by atoms with E-state index in [1.54, 1.807) is 30.1 Å². The van der Waals surface area contributed by atoms with Crippen LogP contribution in [-0.4, -0.2) is 45.8 Å². The molecule has 0 amide bonds. The van der Waals surface area contributed by atoms with Crippen molar-refractivity contribution in [3.8, 4) is 34.7 Å². The van der Waals surface area contributed by atoms with E-state index in [9.17, 15) is 10.1 Å². The lowest BCUT2D eigenvalue weighted by Gasteiger charge is -2.13. The number of nitrogens with zero attached hydrogens (tertiary/aromatic N) is 4. The number of carbonyl (C=O) groups is 1. The van der Waals surface area contributed by atoms with Crippen molar-refractivity contribution in [1.29, 1.82) is 5.26 Å². The van der Waals surface area contributed by atoms with Crippen molar-refractivity contribution >= 4 is 5.97 Å². The molecular weight excluding hydrogens is 384 g/mol. The molecule has 0 saturated carbocycles. The van der Waals surface area contributed by atoms with Crippen LogP contribution in [0.5, 0.6) is 5.75 Å². The summed E-state index contributed by atoms with van der Waals surface area (Å²) in [7, 11) is 1.75. The zero-order valence-corrected chi connectivity index (χ0v) is 17.0. The zero-order chi connectivity index (χ0) is 21.7. The molecule has 1 heterocycles. The number of carboxylic acid groups (broad SMARTS) is 1. The first-order valence-electron chi connectivity index (χ1n) is 9.40. The largest absolute Gasteiger partial charge is 0.490 e. The lowest BCUT2D eigenvalue weighted by Crippen LogP contribution is -2.25. The Balaban J connectivity index is 1.76. The molecule has 154 valence electrons. The van der Waals surface area contributed by atoms with E-state index in [2.05, 4.69) is 16.2 Å². The van der Waals surface area contributed by atoms with Crippen LogP contribution in [-0.2, 0) is 11.3 Å². The number of ether oxygens (including phenoxy) is 1. The number of aliphatic carboxylic acids is 1. The summed E-state index contributed by atoms with van der Waals surface area (Å²) in [5.74, 6) is 0.385. The van der Waals surface area contributed by atoms with Gasteiger partial charge in [0.2, 0.25) is 5.82 Å². The summed E-state index contributed by atoms with van der Waals surface area (Å²) < 4.78 is 11.0. The molecule has 0 fully saturated rings. The van der Waals surface area contributed by atoms with E-state index in [0.29, 0.717) is 35.1 Å². The van der Waals surface area contributed by atoms with E-state index in [-0.39, 0.29) is 12.6 Å². The van der Waals surface area contributed by atoms with E-state index < -0.39 is 5.97 Å². The molecule has 0 bridgehead atoms. The Kier molecular flexibility index (Phi) is 6.45. The lowest BCUT2D eigenvalue weighted by molar-refractivity contribution is -0.138. The Morgan fingerprint density at radius 1 is 1.23 bits per heavy atom. The minimum atomic E-state index is -0.864. The molecule has 0 aliphatic rings. The van der Waals surface area contributed by atoms with Gasteiger partial charge in [0.1, 0.15) is 11.8 Å². The number of benzene rings is 2. The quantitative estimate of drug-likeness (QED) is 0.604. The summed E-state index contributed by atoms with van der Waals surface area (Å²) in [5, 5.41) is 22.3. The summed E-state index contributed by atoms with van der Waals surface area (Å²) in [4.78, 5) is 16.9. The van der Waals surface area contributed by atoms with Gasteiger partial charge < -0.3 is 14.4 Å². The van der Waals surface area contributed by atoms with Crippen LogP contribution in [0.1, 0.15) is 25.0 Å². The van der Waals surface area contributed by atoms with Crippen LogP contribution in [0.4, 0.5) is 0 Å². The van der Waals surface area contributed by atoms with Gasteiger partial charge in [-0.2, -0.15) is 10.2 Å². The normalized spacial score (nSPS) is 10.9. The molecule has 0 aliphatic carbocycles. The number of likely N-dealkylation sites (N-methyl/N-ethyl adjacent to an activating group) is 1. The molecule has 3 aromatic rings. The first kappa shape index (κ1) is 21.0. The van der Waals surface area contributed by atoms with E-state index >= 15 is 0 Å². The molecular formula is C22H22N4O4. The predicted molar refractivity (Wildman–Crippen MR) is 110 cm³/mol. The summed E-state index contributed by atoms with van der Waals surface area (Å²) in [6.45, 7) is 4.29. The van der Waals surface area contributed by atoms with Crippen molar-refractivity contribution in [2.24, 2.45) is 0 Å². The van der Waals surface area contributed by atoms with E-state index in [1.807, 2.05) is 38.1 Å². The third-order valence-electron chi connectivity index (χ3n) is 4.21. The van der Waals surface area contributed by atoms with Gasteiger partial charge in [0.15, 0.2) is 0 Å². The van der Waals surface area contributed by atoms with Gasteiger partial charge in [-0.25, -0.2) is 0 Å². The predicted octanol–water partition coefficient (Wildman–Crippen LogP) is 3.58. The molecule has 0 radical (unpaired) electrons. The zero-order valence-electron chi connectivity index (χ0n) is 17.0. The number of hydrogen-bond acceptors (Lipinski definition) is 7. The molecule has 3 rings (SSSR count). The molecule has 8 heteroatoms. The van der Waals surface area contributed by atoms with Gasteiger partial charge in [0, 0.05) is 17.7 Å². The summed E-state index contributed by atoms with van der Waals surface area (Å²) in [5.41, 5.74) is 2.78. The maximum Gasteiger partial charge on any atom is 0.317 e. The van der Waals surface area contributed by atoms with Gasteiger partial charge in [0.05, 0.1) is 18.2 Å². The number of carboxylic acids is 1. The van der Waals surface area contributed by atoms with Gasteiger partial charge >= 0.3 is 5.97 Å². The SMILES string of the molecule is CC(C)Oc1ccc(-c2nc(-c3ccc(CN(C)CC(=O)O)cc3)no2)cc1C#N. The minimum absolute atomic E-state index is 0.0262. The Bertz CT molecular complexity index is 1070. The van der Waals surface area contributed by atoms with Crippen LogP contribution in [0.15, 0.2) is 47.0 Å². The topological polar surface area (TPSA) is 112 Å². The van der Waals surface area contributed by atoms with E-state index in [0.717, 1.165) is 11.1 Å². The van der Waals surface area contributed by atoms with Crippen molar-refractivity contribution in [1.82, 2.24) is 15.0 Å². The fraction of sp³-hybridized carbons (Fsp3) is 0.273. The van der Waals surface area contributed by atoms with Crippen molar-refractivity contribution in [2.75, 3.05) is 13.6 Å². The maximum atomic E-state index is 10.8. The fourth-order valence-electron chi connectivity index (χ4n) is 2.92. The molecule has 0 saturated heterocycles. The standard InChI is InChI=1S/C22H22N4O4/c1-14(2)29-19-9-8-17(10-18(19)11-23)22-24-21(25-30-22)16-6-4-15(5-7-16)12-26(3)13-20(27)28/h4-10,14H,12-13H2,1-3H3,(H,27,28). The van der Waals surface area contributed by atoms with Crippen LogP contribution in [0, 0.1) is 11.3 Å².